The van der Waals surface area contributed by atoms with E-state index in [2.05, 4.69) is 30.8 Å². The van der Waals surface area contributed by atoms with Crippen molar-refractivity contribution < 1.29 is 8.78 Å². The molecule has 11 nitrogen and oxygen atoms in total. The van der Waals surface area contributed by atoms with Gasteiger partial charge in [0.25, 0.3) is 5.92 Å². The number of nitrogens with one attached hydrogen (secondary N) is 1. The lowest BCUT2D eigenvalue weighted by atomic mass is 10.1. The number of nitrogens with zero attached hydrogens (tertiary/aromatic N) is 8. The molecule has 1 aliphatic heterocycles. The third kappa shape index (κ3) is 4.35. The van der Waals surface area contributed by atoms with E-state index in [1.807, 2.05) is 20.8 Å². The Morgan fingerprint density at radius 3 is 2.54 bits per heavy atom. The molecule has 0 atom stereocenters. The maximum absolute atomic E-state index is 13.7. The van der Waals surface area contributed by atoms with Gasteiger partial charge in [0, 0.05) is 25.6 Å². The number of aromatic nitrogens is 6. The average Bonchev–Trinajstić information content (AvgIpc) is 3.13. The molecule has 2 aromatic rings. The molecule has 0 spiro atoms. The van der Waals surface area contributed by atoms with Crippen LogP contribution >= 0.6 is 0 Å². The fourth-order valence-electron chi connectivity index (χ4n) is 2.82. The third-order valence-corrected chi connectivity index (χ3v) is 4.15. The van der Waals surface area contributed by atoms with Crippen molar-refractivity contribution in [2.24, 2.45) is 12.9 Å². The van der Waals surface area contributed by atoms with E-state index in [0.717, 1.165) is 0 Å². The van der Waals surface area contributed by atoms with E-state index in [0.29, 0.717) is 5.82 Å². The number of alkyl halides is 2. The molecule has 2 aromatic heterocycles. The molecule has 0 amide bonds. The number of tetrazole rings is 1. The lowest BCUT2D eigenvalue weighted by molar-refractivity contribution is 0.0257. The standard InChI is InChI=1S/C15H25F2N11/c1-14(2,3)22-13-20-11(27-6-5-15(16,17)8-27)10(18)12(21-13)28(19)7-9-23-24-25-26(9)4/h5-8,18-19H2,1-4H3,(H,20,21,22). The summed E-state index contributed by atoms with van der Waals surface area (Å²) >= 11 is 0. The Labute approximate surface area is 161 Å². The van der Waals surface area contributed by atoms with Crippen LogP contribution in [0, 0.1) is 0 Å². The summed E-state index contributed by atoms with van der Waals surface area (Å²) in [5.74, 6) is 4.54. The van der Waals surface area contributed by atoms with Gasteiger partial charge in [-0.25, -0.2) is 19.3 Å². The SMILES string of the molecule is Cn1nnnc1CN(N)c1nc(NC(C)(C)C)nc(N2CCC(F)(F)C2)c1N. The first kappa shape index (κ1) is 19.9. The van der Waals surface area contributed by atoms with Crippen molar-refractivity contribution in [1.82, 2.24) is 30.2 Å². The number of hydrazine groups is 1. The molecule has 0 saturated carbocycles. The van der Waals surface area contributed by atoms with Crippen molar-refractivity contribution in [3.63, 3.8) is 0 Å². The number of nitrogens with two attached hydrogens (primary N) is 2. The normalized spacial score (nSPS) is 16.5. The Bertz CT molecular complexity index is 845. The molecular weight excluding hydrogens is 372 g/mol. The zero-order chi connectivity index (χ0) is 20.7. The van der Waals surface area contributed by atoms with Crippen LogP contribution in [0.5, 0.6) is 0 Å². The van der Waals surface area contributed by atoms with Crippen LogP contribution in [-0.2, 0) is 13.6 Å². The number of halogens is 2. The van der Waals surface area contributed by atoms with Crippen LogP contribution in [0.1, 0.15) is 33.0 Å². The molecule has 0 aliphatic carbocycles. The van der Waals surface area contributed by atoms with Gasteiger partial charge in [0.2, 0.25) is 5.95 Å². The molecular formula is C15H25F2N11. The summed E-state index contributed by atoms with van der Waals surface area (Å²) in [5.41, 5.74) is 6.00. The number of nitrogen functional groups attached to an aromatic ring is 1. The second kappa shape index (κ2) is 6.96. The largest absolute Gasteiger partial charge is 0.393 e. The Balaban J connectivity index is 1.98. The lowest BCUT2D eigenvalue weighted by Crippen LogP contribution is -2.35. The summed E-state index contributed by atoms with van der Waals surface area (Å²) in [7, 11) is 1.68. The van der Waals surface area contributed by atoms with Crippen LogP contribution < -0.4 is 26.8 Å². The van der Waals surface area contributed by atoms with Gasteiger partial charge in [-0.05, 0) is 31.2 Å². The molecule has 13 heteroatoms. The minimum atomic E-state index is -2.79. The summed E-state index contributed by atoms with van der Waals surface area (Å²) < 4.78 is 28.9. The molecule has 1 saturated heterocycles. The van der Waals surface area contributed by atoms with Crippen LogP contribution in [-0.4, -0.2) is 54.7 Å². The maximum atomic E-state index is 13.7. The second-order valence-electron chi connectivity index (χ2n) is 7.86. The molecule has 0 bridgehead atoms. The van der Waals surface area contributed by atoms with Crippen molar-refractivity contribution >= 4 is 23.3 Å². The lowest BCUT2D eigenvalue weighted by Gasteiger charge is -2.27. The van der Waals surface area contributed by atoms with Gasteiger partial charge in [0.1, 0.15) is 5.69 Å². The van der Waals surface area contributed by atoms with Gasteiger partial charge in [-0.2, -0.15) is 9.97 Å². The van der Waals surface area contributed by atoms with Gasteiger partial charge in [-0.15, -0.1) is 5.10 Å². The number of aryl methyl sites for hydroxylation is 1. The predicted octanol–water partition coefficient (Wildman–Crippen LogP) is 0.518. The van der Waals surface area contributed by atoms with Gasteiger partial charge < -0.3 is 16.0 Å². The number of rotatable bonds is 5. The van der Waals surface area contributed by atoms with Gasteiger partial charge in [-0.3, -0.25) is 5.01 Å². The van der Waals surface area contributed by atoms with Crippen molar-refractivity contribution in [3.8, 4) is 0 Å². The Kier molecular flexibility index (Phi) is 4.95. The van der Waals surface area contributed by atoms with Gasteiger partial charge in [0.05, 0.1) is 13.1 Å². The van der Waals surface area contributed by atoms with E-state index < -0.39 is 12.5 Å². The number of hydrogen-bond acceptors (Lipinski definition) is 10. The molecule has 0 unspecified atom stereocenters. The second-order valence-corrected chi connectivity index (χ2v) is 7.86. The fourth-order valence-corrected chi connectivity index (χ4v) is 2.82. The summed E-state index contributed by atoms with van der Waals surface area (Å²) in [6.45, 7) is 5.60. The van der Waals surface area contributed by atoms with E-state index in [4.69, 9.17) is 11.6 Å². The summed E-state index contributed by atoms with van der Waals surface area (Å²) in [6, 6.07) is 0. The highest BCUT2D eigenvalue weighted by Crippen LogP contribution is 2.36. The Hall–Kier alpha value is -2.83. The first-order chi connectivity index (χ1) is 13.0. The maximum Gasteiger partial charge on any atom is 0.266 e. The Morgan fingerprint density at radius 2 is 2.00 bits per heavy atom. The van der Waals surface area contributed by atoms with E-state index in [-0.39, 0.29) is 48.3 Å². The zero-order valence-corrected chi connectivity index (χ0v) is 16.3. The van der Waals surface area contributed by atoms with Crippen LogP contribution in [0.3, 0.4) is 0 Å². The monoisotopic (exact) mass is 397 g/mol. The van der Waals surface area contributed by atoms with E-state index in [1.54, 1.807) is 7.05 Å². The van der Waals surface area contributed by atoms with Crippen LogP contribution in [0.15, 0.2) is 0 Å². The first-order valence-electron chi connectivity index (χ1n) is 8.77. The molecule has 3 rings (SSSR count). The number of anilines is 4. The third-order valence-electron chi connectivity index (χ3n) is 4.15. The summed E-state index contributed by atoms with van der Waals surface area (Å²) in [4.78, 5) is 10.2. The van der Waals surface area contributed by atoms with E-state index in [1.165, 1.54) is 14.6 Å². The first-order valence-corrected chi connectivity index (χ1v) is 8.77. The molecule has 154 valence electrons. The highest BCUT2D eigenvalue weighted by atomic mass is 19.3. The highest BCUT2D eigenvalue weighted by molar-refractivity contribution is 5.77. The molecule has 0 aromatic carbocycles. The van der Waals surface area contributed by atoms with E-state index >= 15 is 0 Å². The summed E-state index contributed by atoms with van der Waals surface area (Å²) in [5, 5.41) is 15.6. The molecule has 1 fully saturated rings. The quantitative estimate of drug-likeness (QED) is 0.483. The van der Waals surface area contributed by atoms with Gasteiger partial charge >= 0.3 is 0 Å². The van der Waals surface area contributed by atoms with Crippen LogP contribution in [0.25, 0.3) is 0 Å². The van der Waals surface area contributed by atoms with Crippen molar-refractivity contribution in [1.29, 1.82) is 0 Å². The zero-order valence-electron chi connectivity index (χ0n) is 16.3. The van der Waals surface area contributed by atoms with E-state index in [9.17, 15) is 8.78 Å². The van der Waals surface area contributed by atoms with Crippen molar-refractivity contribution in [3.05, 3.63) is 5.82 Å². The molecule has 5 N–H and O–H groups in total. The van der Waals surface area contributed by atoms with Crippen LogP contribution in [0.4, 0.5) is 32.1 Å². The van der Waals surface area contributed by atoms with Crippen LogP contribution in [0.2, 0.25) is 0 Å². The average molecular weight is 397 g/mol. The minimum Gasteiger partial charge on any atom is -0.393 e. The predicted molar refractivity (Wildman–Crippen MR) is 101 cm³/mol. The molecule has 3 heterocycles. The fraction of sp³-hybridized carbons (Fsp3) is 0.667. The van der Waals surface area contributed by atoms with Gasteiger partial charge in [-0.1, -0.05) is 0 Å². The number of hydrogen-bond donors (Lipinski definition) is 3. The van der Waals surface area contributed by atoms with Gasteiger partial charge in [0.15, 0.2) is 17.5 Å². The topological polar surface area (TPSA) is 140 Å². The Morgan fingerprint density at radius 1 is 1.29 bits per heavy atom. The summed E-state index contributed by atoms with van der Waals surface area (Å²) in [6.07, 6.45) is -0.259. The molecule has 1 aliphatic rings. The molecule has 28 heavy (non-hydrogen) atoms. The minimum absolute atomic E-state index is 0.120. The highest BCUT2D eigenvalue weighted by Gasteiger charge is 2.40. The molecule has 0 radical (unpaired) electrons. The smallest absolute Gasteiger partial charge is 0.266 e. The van der Waals surface area contributed by atoms with Crippen molar-refractivity contribution in [2.45, 2.75) is 45.2 Å². The van der Waals surface area contributed by atoms with Crippen molar-refractivity contribution in [2.75, 3.05) is 34.0 Å².